The molecule has 2 aliphatic rings. The Labute approximate surface area is 192 Å². The van der Waals surface area contributed by atoms with Gasteiger partial charge in [-0.3, -0.25) is 4.79 Å². The summed E-state index contributed by atoms with van der Waals surface area (Å²) in [7, 11) is -4.94. The van der Waals surface area contributed by atoms with Gasteiger partial charge < -0.3 is 13.8 Å². The Morgan fingerprint density at radius 3 is 2.09 bits per heavy atom. The molecule has 0 aliphatic heterocycles. The molecule has 2 aliphatic carbocycles. The normalized spacial score (nSPS) is 18.5. The zero-order valence-electron chi connectivity index (χ0n) is 18.0. The summed E-state index contributed by atoms with van der Waals surface area (Å²) in [5.41, 5.74) is 0.621. The molecule has 0 amide bonds. The molecule has 4 rings (SSSR count). The third kappa shape index (κ3) is 5.05. The van der Waals surface area contributed by atoms with Crippen LogP contribution in [0.5, 0.6) is 11.5 Å². The molecule has 0 spiro atoms. The van der Waals surface area contributed by atoms with Crippen molar-refractivity contribution in [1.82, 2.24) is 5.09 Å². The van der Waals surface area contributed by atoms with Gasteiger partial charge in [-0.2, -0.15) is 13.9 Å². The zero-order valence-corrected chi connectivity index (χ0v) is 18.8. The van der Waals surface area contributed by atoms with E-state index in [9.17, 15) is 31.3 Å². The molecule has 0 radical (unpaired) electrons. The summed E-state index contributed by atoms with van der Waals surface area (Å²) in [6.45, 7) is 1.24. The molecule has 2 atom stereocenters. The molecule has 184 valence electrons. The average molecular weight is 505 g/mol. The lowest BCUT2D eigenvalue weighted by Gasteiger charge is -2.28. The number of ether oxygens (including phenoxy) is 1. The van der Waals surface area contributed by atoms with Crippen LogP contribution in [0.3, 0.4) is 0 Å². The van der Waals surface area contributed by atoms with E-state index in [4.69, 9.17) is 13.8 Å². The Kier molecular flexibility index (Phi) is 6.87. The van der Waals surface area contributed by atoms with Gasteiger partial charge in [-0.15, -0.1) is 0 Å². The van der Waals surface area contributed by atoms with Crippen molar-refractivity contribution in [3.63, 3.8) is 0 Å². The van der Waals surface area contributed by atoms with E-state index in [2.05, 4.69) is 5.09 Å². The van der Waals surface area contributed by atoms with Crippen LogP contribution in [0.2, 0.25) is 0 Å². The van der Waals surface area contributed by atoms with Crippen LogP contribution in [-0.2, 0) is 14.1 Å². The summed E-state index contributed by atoms with van der Waals surface area (Å²) in [6.07, 6.45) is 3.51. The van der Waals surface area contributed by atoms with Crippen LogP contribution in [0, 0.1) is 29.1 Å². The van der Waals surface area contributed by atoms with E-state index < -0.39 is 54.6 Å². The molecule has 2 aromatic rings. The first-order valence-corrected chi connectivity index (χ1v) is 12.2. The third-order valence-electron chi connectivity index (χ3n) is 5.58. The van der Waals surface area contributed by atoms with Gasteiger partial charge in [0.1, 0.15) is 17.9 Å². The lowest BCUT2D eigenvalue weighted by Crippen LogP contribution is -2.39. The minimum atomic E-state index is -4.94. The van der Waals surface area contributed by atoms with Crippen LogP contribution >= 0.6 is 7.75 Å². The SMILES string of the molecule is C[C@H](NP(=O)(Oc1ccccc1C1CC1)Oc1c(F)c(F)c(F)c(F)c1F)C(=O)OC1CCC1. The topological polar surface area (TPSA) is 73.9 Å². The molecular weight excluding hydrogens is 484 g/mol. The molecule has 0 aromatic heterocycles. The lowest BCUT2D eigenvalue weighted by atomic mass is 9.96. The maximum absolute atomic E-state index is 14.3. The van der Waals surface area contributed by atoms with Crippen molar-refractivity contribution in [2.24, 2.45) is 0 Å². The van der Waals surface area contributed by atoms with Crippen molar-refractivity contribution >= 4 is 13.7 Å². The number of hydrogen-bond acceptors (Lipinski definition) is 5. The molecule has 0 heterocycles. The Bertz CT molecular complexity index is 1130. The number of esters is 1. The van der Waals surface area contributed by atoms with Gasteiger partial charge in [-0.05, 0) is 56.6 Å². The fourth-order valence-corrected chi connectivity index (χ4v) is 4.87. The second kappa shape index (κ2) is 9.54. The number of carbonyl (C=O) groups excluding carboxylic acids is 1. The van der Waals surface area contributed by atoms with Gasteiger partial charge in [0.05, 0.1) is 0 Å². The molecule has 2 saturated carbocycles. The maximum Gasteiger partial charge on any atom is 0.513 e. The first kappa shape index (κ1) is 24.5. The van der Waals surface area contributed by atoms with Gasteiger partial charge in [-0.25, -0.2) is 17.7 Å². The van der Waals surface area contributed by atoms with Crippen molar-refractivity contribution < 1.29 is 45.1 Å². The second-order valence-corrected chi connectivity index (χ2v) is 9.85. The largest absolute Gasteiger partial charge is 0.513 e. The fourth-order valence-electron chi connectivity index (χ4n) is 3.33. The predicted molar refractivity (Wildman–Crippen MR) is 110 cm³/mol. The summed E-state index contributed by atoms with van der Waals surface area (Å²) >= 11 is 0. The summed E-state index contributed by atoms with van der Waals surface area (Å²) in [5.74, 6) is -14.2. The minimum Gasteiger partial charge on any atom is -0.461 e. The Morgan fingerprint density at radius 1 is 0.941 bits per heavy atom. The summed E-state index contributed by atoms with van der Waals surface area (Å²) in [5, 5.41) is 2.20. The highest BCUT2D eigenvalue weighted by atomic mass is 31.2. The highest BCUT2D eigenvalue weighted by Gasteiger charge is 2.40. The van der Waals surface area contributed by atoms with E-state index in [1.165, 1.54) is 19.1 Å². The maximum atomic E-state index is 14.3. The van der Waals surface area contributed by atoms with Crippen molar-refractivity contribution in [2.75, 3.05) is 0 Å². The summed E-state index contributed by atoms with van der Waals surface area (Å²) in [4.78, 5) is 12.4. The van der Waals surface area contributed by atoms with Crippen molar-refractivity contribution in [3.05, 3.63) is 58.9 Å². The van der Waals surface area contributed by atoms with Crippen LogP contribution in [-0.4, -0.2) is 18.1 Å². The number of benzene rings is 2. The lowest BCUT2D eigenvalue weighted by molar-refractivity contribution is -0.154. The number of hydrogen-bond donors (Lipinski definition) is 1. The van der Waals surface area contributed by atoms with Crippen LogP contribution in [0.4, 0.5) is 22.0 Å². The minimum absolute atomic E-state index is 0.0178. The van der Waals surface area contributed by atoms with Crippen LogP contribution in [0.25, 0.3) is 0 Å². The predicted octanol–water partition coefficient (Wildman–Crippen LogP) is 5.90. The monoisotopic (exact) mass is 505 g/mol. The first-order chi connectivity index (χ1) is 16.1. The molecule has 0 saturated heterocycles. The number of carbonyl (C=O) groups is 1. The molecule has 12 heteroatoms. The standard InChI is InChI=1S/C22H21F5NO5P/c1-11(22(29)31-13-5-4-6-13)28-34(30,32-15-8-3-2-7-14(15)12-9-10-12)33-21-19(26)17(24)16(23)18(25)20(21)27/h2-3,7-8,11-13H,4-6,9-10H2,1H3,(H,28,30)/t11-,34?/m0/s1. The first-order valence-electron chi connectivity index (χ1n) is 10.7. The van der Waals surface area contributed by atoms with Crippen LogP contribution in [0.15, 0.2) is 24.3 Å². The molecule has 0 bridgehead atoms. The van der Waals surface area contributed by atoms with E-state index in [-0.39, 0.29) is 17.8 Å². The van der Waals surface area contributed by atoms with Crippen molar-refractivity contribution in [1.29, 1.82) is 0 Å². The average Bonchev–Trinajstić information content (AvgIpc) is 3.62. The quantitative estimate of drug-likeness (QED) is 0.150. The Morgan fingerprint density at radius 2 is 1.53 bits per heavy atom. The van der Waals surface area contributed by atoms with E-state index in [1.54, 1.807) is 12.1 Å². The van der Waals surface area contributed by atoms with Gasteiger partial charge in [0.15, 0.2) is 0 Å². The number of nitrogens with one attached hydrogen (secondary N) is 1. The summed E-state index contributed by atoms with van der Waals surface area (Å²) in [6, 6.07) is 4.98. The Hall–Kier alpha value is -2.65. The van der Waals surface area contributed by atoms with E-state index in [1.807, 2.05) is 0 Å². The third-order valence-corrected chi connectivity index (χ3v) is 7.14. The van der Waals surface area contributed by atoms with Crippen molar-refractivity contribution in [3.8, 4) is 11.5 Å². The highest BCUT2D eigenvalue weighted by Crippen LogP contribution is 2.51. The number of halogens is 5. The molecule has 1 N–H and O–H groups in total. The molecule has 34 heavy (non-hydrogen) atoms. The smallest absolute Gasteiger partial charge is 0.461 e. The van der Waals surface area contributed by atoms with Gasteiger partial charge in [0.25, 0.3) is 0 Å². The van der Waals surface area contributed by atoms with Gasteiger partial charge in [0.2, 0.25) is 34.8 Å². The highest BCUT2D eigenvalue weighted by molar-refractivity contribution is 7.52. The molecule has 2 aromatic carbocycles. The van der Waals surface area contributed by atoms with Crippen molar-refractivity contribution in [2.45, 2.75) is 57.1 Å². The molecule has 6 nitrogen and oxygen atoms in total. The molecule has 1 unspecified atom stereocenters. The van der Waals surface area contributed by atoms with E-state index >= 15 is 0 Å². The zero-order chi connectivity index (χ0) is 24.6. The van der Waals surface area contributed by atoms with Crippen LogP contribution < -0.4 is 14.1 Å². The molecular formula is C22H21F5NO5P. The second-order valence-electron chi connectivity index (χ2n) is 8.23. The van der Waals surface area contributed by atoms with Crippen LogP contribution in [0.1, 0.15) is 50.5 Å². The van der Waals surface area contributed by atoms with Gasteiger partial charge in [0, 0.05) is 0 Å². The van der Waals surface area contributed by atoms with Gasteiger partial charge >= 0.3 is 13.7 Å². The summed E-state index contributed by atoms with van der Waals surface area (Å²) < 4.78 is 98.5. The number of para-hydroxylation sites is 1. The molecule has 2 fully saturated rings. The van der Waals surface area contributed by atoms with E-state index in [0.29, 0.717) is 18.4 Å². The number of rotatable bonds is 9. The van der Waals surface area contributed by atoms with E-state index in [0.717, 1.165) is 19.3 Å². The van der Waals surface area contributed by atoms with Gasteiger partial charge in [-0.1, -0.05) is 18.2 Å². The fraction of sp³-hybridized carbons (Fsp3) is 0.409. The Balaban J connectivity index is 1.67.